The third kappa shape index (κ3) is 3.46. The van der Waals surface area contributed by atoms with Gasteiger partial charge in [-0.1, -0.05) is 6.07 Å². The summed E-state index contributed by atoms with van der Waals surface area (Å²) in [6.45, 7) is 0.173. The van der Waals surface area contributed by atoms with Crippen LogP contribution in [0.2, 0.25) is 0 Å². The molecule has 1 aromatic carbocycles. The van der Waals surface area contributed by atoms with Crippen molar-refractivity contribution in [3.05, 3.63) is 98.0 Å². The van der Waals surface area contributed by atoms with E-state index in [1.807, 2.05) is 5.38 Å². The van der Waals surface area contributed by atoms with E-state index in [4.69, 9.17) is 0 Å². The number of thiophene rings is 1. The van der Waals surface area contributed by atoms with Crippen molar-refractivity contribution in [1.82, 2.24) is 9.88 Å². The molecule has 0 aliphatic carbocycles. The smallest absolute Gasteiger partial charge is 0.295 e. The minimum atomic E-state index is -0.793. The fourth-order valence-electron chi connectivity index (χ4n) is 3.37. The van der Waals surface area contributed by atoms with Gasteiger partial charge >= 0.3 is 0 Å². The summed E-state index contributed by atoms with van der Waals surface area (Å²) in [5.41, 5.74) is 0.845. The molecule has 3 heterocycles. The van der Waals surface area contributed by atoms with Gasteiger partial charge in [0.15, 0.2) is 0 Å². The van der Waals surface area contributed by atoms with Crippen molar-refractivity contribution in [3.63, 3.8) is 0 Å². The lowest BCUT2D eigenvalue weighted by atomic mass is 9.99. The van der Waals surface area contributed by atoms with E-state index in [-0.39, 0.29) is 29.1 Å². The van der Waals surface area contributed by atoms with Crippen molar-refractivity contribution in [2.75, 3.05) is 0 Å². The van der Waals surface area contributed by atoms with Crippen LogP contribution < -0.4 is 0 Å². The fourth-order valence-corrected chi connectivity index (χ4v) is 4.21. The third-order valence-corrected chi connectivity index (χ3v) is 5.73. The number of likely N-dealkylation sites (tertiary alicyclic amines) is 1. The number of nitro groups is 1. The van der Waals surface area contributed by atoms with Crippen molar-refractivity contribution >= 4 is 34.5 Å². The topological polar surface area (TPSA) is 114 Å². The Labute approximate surface area is 174 Å². The molecule has 0 bridgehead atoms. The Balaban J connectivity index is 1.80. The summed E-state index contributed by atoms with van der Waals surface area (Å²) >= 11 is 1.37. The molecule has 0 saturated carbocycles. The van der Waals surface area contributed by atoms with Crippen LogP contribution in [-0.4, -0.2) is 31.6 Å². The lowest BCUT2D eigenvalue weighted by Crippen LogP contribution is -2.28. The van der Waals surface area contributed by atoms with Gasteiger partial charge in [-0.3, -0.25) is 24.7 Å². The van der Waals surface area contributed by atoms with Crippen molar-refractivity contribution in [2.24, 2.45) is 0 Å². The Kier molecular flexibility index (Phi) is 5.11. The zero-order valence-corrected chi connectivity index (χ0v) is 16.3. The van der Waals surface area contributed by atoms with Crippen LogP contribution in [-0.2, 0) is 16.1 Å². The molecule has 1 aliphatic heterocycles. The van der Waals surface area contributed by atoms with Crippen molar-refractivity contribution in [1.29, 1.82) is 0 Å². The number of aromatic nitrogens is 1. The second-order valence-corrected chi connectivity index (χ2v) is 7.58. The van der Waals surface area contributed by atoms with Gasteiger partial charge < -0.3 is 10.0 Å². The van der Waals surface area contributed by atoms with E-state index < -0.39 is 22.7 Å². The van der Waals surface area contributed by atoms with Crippen LogP contribution in [0.4, 0.5) is 5.69 Å². The van der Waals surface area contributed by atoms with E-state index >= 15 is 0 Å². The van der Waals surface area contributed by atoms with Gasteiger partial charge in [0.05, 0.1) is 16.5 Å². The number of benzene rings is 1. The molecule has 1 amide bonds. The summed E-state index contributed by atoms with van der Waals surface area (Å²) in [5, 5.41) is 23.6. The first kappa shape index (κ1) is 19.5. The number of carbonyl (C=O) groups excluding carboxylic acids is 2. The second kappa shape index (κ2) is 7.88. The van der Waals surface area contributed by atoms with Crippen LogP contribution in [0, 0.1) is 10.1 Å². The molecule has 1 aliphatic rings. The van der Waals surface area contributed by atoms with Gasteiger partial charge in [0.25, 0.3) is 17.4 Å². The van der Waals surface area contributed by atoms with Gasteiger partial charge in [-0.05, 0) is 41.3 Å². The zero-order valence-electron chi connectivity index (χ0n) is 15.5. The number of amides is 1. The molecule has 30 heavy (non-hydrogen) atoms. The van der Waals surface area contributed by atoms with E-state index in [1.54, 1.807) is 36.7 Å². The molecule has 4 rings (SSSR count). The lowest BCUT2D eigenvalue weighted by molar-refractivity contribution is -0.384. The quantitative estimate of drug-likeness (QED) is 0.221. The molecular formula is C21H15N3O5S. The first-order valence-electron chi connectivity index (χ1n) is 8.93. The Morgan fingerprint density at radius 3 is 2.43 bits per heavy atom. The number of hydrogen-bond donors (Lipinski definition) is 1. The molecule has 8 nitrogen and oxygen atoms in total. The highest BCUT2D eigenvalue weighted by atomic mass is 32.1. The van der Waals surface area contributed by atoms with Gasteiger partial charge in [0.1, 0.15) is 5.76 Å². The Morgan fingerprint density at radius 2 is 1.83 bits per heavy atom. The summed E-state index contributed by atoms with van der Waals surface area (Å²) in [6.07, 6.45) is 3.20. The number of non-ortho nitro benzene ring substituents is 1. The number of aliphatic hydroxyl groups is 1. The van der Waals surface area contributed by atoms with Crippen LogP contribution >= 0.6 is 11.3 Å². The first-order chi connectivity index (χ1) is 14.5. The number of aliphatic hydroxyl groups excluding tert-OH is 1. The SMILES string of the molecule is O=C1C(=O)N(Cc2ccncc2)C(c2cccs2)/C1=C(/O)c1ccc([N+](=O)[O-])cc1. The Bertz CT molecular complexity index is 1140. The normalized spacial score (nSPS) is 18.0. The Morgan fingerprint density at radius 1 is 1.13 bits per heavy atom. The molecule has 2 aromatic heterocycles. The highest BCUT2D eigenvalue weighted by Crippen LogP contribution is 2.41. The molecule has 150 valence electrons. The second-order valence-electron chi connectivity index (χ2n) is 6.60. The van der Waals surface area contributed by atoms with Crippen molar-refractivity contribution in [2.45, 2.75) is 12.6 Å². The molecular weight excluding hydrogens is 406 g/mol. The molecule has 9 heteroatoms. The van der Waals surface area contributed by atoms with Gasteiger partial charge in [-0.25, -0.2) is 0 Å². The Hall–Kier alpha value is -3.85. The van der Waals surface area contributed by atoms with Crippen LogP contribution in [0.25, 0.3) is 5.76 Å². The number of ketones is 1. The summed E-state index contributed by atoms with van der Waals surface area (Å²) in [6, 6.07) is 11.5. The maximum absolute atomic E-state index is 12.9. The minimum absolute atomic E-state index is 0.0367. The van der Waals surface area contributed by atoms with Crippen LogP contribution in [0.3, 0.4) is 0 Å². The zero-order chi connectivity index (χ0) is 21.3. The number of hydrogen-bond acceptors (Lipinski definition) is 7. The minimum Gasteiger partial charge on any atom is -0.507 e. The van der Waals surface area contributed by atoms with Gasteiger partial charge in [-0.2, -0.15) is 0 Å². The predicted octanol–water partition coefficient (Wildman–Crippen LogP) is 3.67. The monoisotopic (exact) mass is 421 g/mol. The number of nitro benzene ring substituents is 1. The van der Waals surface area contributed by atoms with Gasteiger partial charge in [0, 0.05) is 41.5 Å². The van der Waals surface area contributed by atoms with Crippen LogP contribution in [0.15, 0.2) is 71.9 Å². The van der Waals surface area contributed by atoms with E-state index in [9.17, 15) is 24.8 Å². The molecule has 1 atom stereocenters. The largest absolute Gasteiger partial charge is 0.507 e. The molecule has 1 fully saturated rings. The third-order valence-electron chi connectivity index (χ3n) is 4.81. The standard InChI is InChI=1S/C21H15N3O5S/c25-19(14-3-5-15(6-4-14)24(28)29)17-18(16-2-1-11-30-16)23(21(27)20(17)26)12-13-7-9-22-10-8-13/h1-11,18,25H,12H2/b19-17-. The highest BCUT2D eigenvalue weighted by Gasteiger charge is 2.46. The molecule has 1 saturated heterocycles. The van der Waals surface area contributed by atoms with Crippen molar-refractivity contribution in [3.8, 4) is 0 Å². The first-order valence-corrected chi connectivity index (χ1v) is 9.81. The predicted molar refractivity (Wildman–Crippen MR) is 109 cm³/mol. The number of Topliss-reactive ketones (excluding diaryl/α,β-unsaturated/α-hetero) is 1. The van der Waals surface area contributed by atoms with Gasteiger partial charge in [0.2, 0.25) is 0 Å². The van der Waals surface area contributed by atoms with Crippen LogP contribution in [0.1, 0.15) is 22.0 Å². The lowest BCUT2D eigenvalue weighted by Gasteiger charge is -2.24. The fraction of sp³-hybridized carbons (Fsp3) is 0.0952. The summed E-state index contributed by atoms with van der Waals surface area (Å²) < 4.78 is 0. The number of carbonyl (C=O) groups is 2. The van der Waals surface area contributed by atoms with Crippen molar-refractivity contribution < 1.29 is 19.6 Å². The average molecular weight is 421 g/mol. The molecule has 1 unspecified atom stereocenters. The molecule has 3 aromatic rings. The van der Waals surface area contributed by atoms with E-state index in [0.717, 1.165) is 10.4 Å². The van der Waals surface area contributed by atoms with Gasteiger partial charge in [-0.15, -0.1) is 11.3 Å². The van der Waals surface area contributed by atoms with Crippen LogP contribution in [0.5, 0.6) is 0 Å². The molecule has 0 spiro atoms. The van der Waals surface area contributed by atoms with E-state index in [2.05, 4.69) is 4.98 Å². The summed E-state index contributed by atoms with van der Waals surface area (Å²) in [7, 11) is 0. The maximum atomic E-state index is 12.9. The number of nitrogens with zero attached hydrogens (tertiary/aromatic N) is 3. The summed E-state index contributed by atoms with van der Waals surface area (Å²) in [4.78, 5) is 42.1. The van der Waals surface area contributed by atoms with E-state index in [1.165, 1.54) is 40.5 Å². The number of rotatable bonds is 5. The average Bonchev–Trinajstić information content (AvgIpc) is 3.37. The highest BCUT2D eigenvalue weighted by molar-refractivity contribution is 7.10. The summed E-state index contributed by atoms with van der Waals surface area (Å²) in [5.74, 6) is -1.87. The molecule has 1 N–H and O–H groups in total. The number of pyridine rings is 1. The maximum Gasteiger partial charge on any atom is 0.295 e. The van der Waals surface area contributed by atoms with E-state index in [0.29, 0.717) is 0 Å². The molecule has 0 radical (unpaired) electrons.